The molecule has 0 fully saturated rings. The van der Waals surface area contributed by atoms with Crippen LogP contribution in [0, 0.1) is 12.7 Å². The number of aromatic nitrogens is 1. The molecular formula is C17H12ClFN2O3S. The molecule has 0 bridgehead atoms. The van der Waals surface area contributed by atoms with Crippen LogP contribution < -0.4 is 5.32 Å². The number of hydrogen-bond acceptors (Lipinski definition) is 5. The van der Waals surface area contributed by atoms with Crippen LogP contribution in [-0.4, -0.2) is 16.8 Å². The van der Waals surface area contributed by atoms with Crippen molar-refractivity contribution in [1.29, 1.82) is 0 Å². The molecule has 8 heteroatoms. The van der Waals surface area contributed by atoms with Crippen LogP contribution in [0.5, 0.6) is 0 Å². The quantitative estimate of drug-likeness (QED) is 0.651. The molecule has 0 aliphatic heterocycles. The molecule has 0 saturated heterocycles. The van der Waals surface area contributed by atoms with Crippen LogP contribution in [0.25, 0.3) is 11.3 Å². The number of Topliss-reactive ketones (excluding diaryl/α,β-unsaturated/α-hetero) is 1. The van der Waals surface area contributed by atoms with Crippen molar-refractivity contribution in [3.05, 3.63) is 56.7 Å². The lowest BCUT2D eigenvalue weighted by Crippen LogP contribution is -2.14. The van der Waals surface area contributed by atoms with Gasteiger partial charge in [0, 0.05) is 6.92 Å². The average Bonchev–Trinajstić information content (AvgIpc) is 3.14. The molecule has 1 amide bonds. The number of thiophene rings is 1. The van der Waals surface area contributed by atoms with Crippen molar-refractivity contribution in [1.82, 2.24) is 5.16 Å². The molecule has 3 aromatic rings. The zero-order valence-electron chi connectivity index (χ0n) is 13.2. The van der Waals surface area contributed by atoms with Crippen LogP contribution in [0.4, 0.5) is 10.1 Å². The van der Waals surface area contributed by atoms with Gasteiger partial charge in [-0.25, -0.2) is 4.39 Å². The summed E-state index contributed by atoms with van der Waals surface area (Å²) < 4.78 is 19.3. The maximum absolute atomic E-state index is 14.2. The van der Waals surface area contributed by atoms with Gasteiger partial charge in [0.15, 0.2) is 5.78 Å². The highest BCUT2D eigenvalue weighted by molar-refractivity contribution is 7.12. The first kappa shape index (κ1) is 17.3. The van der Waals surface area contributed by atoms with E-state index in [1.54, 1.807) is 18.4 Å². The molecule has 0 aliphatic rings. The van der Waals surface area contributed by atoms with Crippen molar-refractivity contribution in [2.24, 2.45) is 0 Å². The molecule has 1 aromatic carbocycles. The van der Waals surface area contributed by atoms with Gasteiger partial charge in [0.05, 0.1) is 21.2 Å². The van der Waals surface area contributed by atoms with E-state index >= 15 is 0 Å². The van der Waals surface area contributed by atoms with E-state index in [4.69, 9.17) is 16.1 Å². The standard InChI is InChI=1S/C17H12ClFN2O3S/c1-8(22)16-12(6-7-25-16)20-17(23)13-9(2)24-21-15(13)14-10(18)4-3-5-11(14)19/h3-7H,1-2H3,(H,20,23). The van der Waals surface area contributed by atoms with Gasteiger partial charge < -0.3 is 9.84 Å². The Labute approximate surface area is 151 Å². The molecular weight excluding hydrogens is 367 g/mol. The minimum Gasteiger partial charge on any atom is -0.360 e. The highest BCUT2D eigenvalue weighted by Gasteiger charge is 2.26. The summed E-state index contributed by atoms with van der Waals surface area (Å²) in [5.41, 5.74) is 0.447. The molecule has 0 atom stereocenters. The highest BCUT2D eigenvalue weighted by Crippen LogP contribution is 2.34. The molecule has 0 aliphatic carbocycles. The largest absolute Gasteiger partial charge is 0.360 e. The molecule has 128 valence electrons. The summed E-state index contributed by atoms with van der Waals surface area (Å²) in [5.74, 6) is -1.13. The first-order valence-electron chi connectivity index (χ1n) is 7.20. The molecule has 2 heterocycles. The Hall–Kier alpha value is -2.51. The monoisotopic (exact) mass is 378 g/mol. The molecule has 0 unspecified atom stereocenters. The van der Waals surface area contributed by atoms with Gasteiger partial charge >= 0.3 is 0 Å². The number of ketones is 1. The van der Waals surface area contributed by atoms with Gasteiger partial charge in [-0.2, -0.15) is 0 Å². The van der Waals surface area contributed by atoms with Crippen molar-refractivity contribution in [2.45, 2.75) is 13.8 Å². The van der Waals surface area contributed by atoms with Crippen LogP contribution in [0.3, 0.4) is 0 Å². The zero-order valence-corrected chi connectivity index (χ0v) is 14.8. The lowest BCUT2D eigenvalue weighted by molar-refractivity contribution is 0.102. The number of amides is 1. The van der Waals surface area contributed by atoms with Gasteiger partial charge in [-0.1, -0.05) is 22.8 Å². The fourth-order valence-corrected chi connectivity index (χ4v) is 3.40. The second kappa shape index (κ2) is 6.78. The van der Waals surface area contributed by atoms with Gasteiger partial charge in [-0.05, 0) is 30.5 Å². The Morgan fingerprint density at radius 1 is 1.32 bits per heavy atom. The molecule has 0 radical (unpaired) electrons. The maximum Gasteiger partial charge on any atom is 0.261 e. The minimum absolute atomic E-state index is 0.0109. The van der Waals surface area contributed by atoms with Crippen LogP contribution >= 0.6 is 22.9 Å². The number of benzene rings is 1. The fourth-order valence-electron chi connectivity index (χ4n) is 2.40. The molecule has 2 aromatic heterocycles. The Bertz CT molecular complexity index is 960. The Morgan fingerprint density at radius 3 is 2.76 bits per heavy atom. The SMILES string of the molecule is CC(=O)c1sccc1NC(=O)c1c(-c2c(F)cccc2Cl)noc1C. The van der Waals surface area contributed by atoms with Gasteiger partial charge in [-0.3, -0.25) is 9.59 Å². The van der Waals surface area contributed by atoms with Crippen molar-refractivity contribution < 1.29 is 18.5 Å². The predicted octanol–water partition coefficient (Wildman–Crippen LogP) is 4.96. The number of anilines is 1. The van der Waals surface area contributed by atoms with Crippen molar-refractivity contribution in [3.8, 4) is 11.3 Å². The maximum atomic E-state index is 14.2. The van der Waals surface area contributed by atoms with Crippen molar-refractivity contribution >= 4 is 40.3 Å². The lowest BCUT2D eigenvalue weighted by atomic mass is 10.0. The van der Waals surface area contributed by atoms with E-state index in [0.717, 1.165) is 0 Å². The number of rotatable bonds is 4. The predicted molar refractivity (Wildman–Crippen MR) is 93.9 cm³/mol. The van der Waals surface area contributed by atoms with Crippen LogP contribution in [0.1, 0.15) is 32.7 Å². The third-order valence-electron chi connectivity index (χ3n) is 3.52. The molecule has 5 nitrogen and oxygen atoms in total. The number of hydrogen-bond donors (Lipinski definition) is 1. The molecule has 3 rings (SSSR count). The van der Waals surface area contributed by atoms with Gasteiger partial charge in [-0.15, -0.1) is 11.3 Å². The summed E-state index contributed by atoms with van der Waals surface area (Å²) >= 11 is 7.29. The first-order valence-corrected chi connectivity index (χ1v) is 8.46. The second-order valence-electron chi connectivity index (χ2n) is 5.23. The van der Waals surface area contributed by atoms with Crippen LogP contribution in [-0.2, 0) is 0 Å². The number of carbonyl (C=O) groups is 2. The summed E-state index contributed by atoms with van der Waals surface area (Å²) in [4.78, 5) is 24.7. The smallest absolute Gasteiger partial charge is 0.261 e. The van der Waals surface area contributed by atoms with E-state index in [0.29, 0.717) is 10.6 Å². The summed E-state index contributed by atoms with van der Waals surface area (Å²) in [7, 11) is 0. The van der Waals surface area contributed by atoms with E-state index in [2.05, 4.69) is 10.5 Å². The Morgan fingerprint density at radius 2 is 2.08 bits per heavy atom. The minimum atomic E-state index is -0.616. The first-order chi connectivity index (χ1) is 11.9. The van der Waals surface area contributed by atoms with Crippen molar-refractivity contribution in [3.63, 3.8) is 0 Å². The van der Waals surface area contributed by atoms with E-state index in [1.807, 2.05) is 0 Å². The van der Waals surface area contributed by atoms with Crippen LogP contribution in [0.15, 0.2) is 34.2 Å². The number of halogens is 2. The topological polar surface area (TPSA) is 72.2 Å². The summed E-state index contributed by atoms with van der Waals surface area (Å²) in [5, 5.41) is 8.25. The van der Waals surface area contributed by atoms with E-state index < -0.39 is 11.7 Å². The highest BCUT2D eigenvalue weighted by atomic mass is 35.5. The van der Waals surface area contributed by atoms with Crippen molar-refractivity contribution in [2.75, 3.05) is 5.32 Å². The normalized spacial score (nSPS) is 10.7. The molecule has 25 heavy (non-hydrogen) atoms. The number of nitrogens with one attached hydrogen (secondary N) is 1. The van der Waals surface area contributed by atoms with Gasteiger partial charge in [0.25, 0.3) is 5.91 Å². The Balaban J connectivity index is 2.04. The van der Waals surface area contributed by atoms with Gasteiger partial charge in [0.2, 0.25) is 0 Å². The van der Waals surface area contributed by atoms with Crippen LogP contribution in [0.2, 0.25) is 5.02 Å². The fraction of sp³-hybridized carbons (Fsp3) is 0.118. The summed E-state index contributed by atoms with van der Waals surface area (Å²) in [6.07, 6.45) is 0. The van der Waals surface area contributed by atoms with Gasteiger partial charge in [0.1, 0.15) is 22.8 Å². The number of nitrogens with zero attached hydrogens (tertiary/aromatic N) is 1. The molecule has 0 saturated carbocycles. The lowest BCUT2D eigenvalue weighted by Gasteiger charge is -2.07. The number of aryl methyl sites for hydroxylation is 1. The summed E-state index contributed by atoms with van der Waals surface area (Å²) in [6, 6.07) is 5.80. The molecule has 1 N–H and O–H groups in total. The summed E-state index contributed by atoms with van der Waals surface area (Å²) in [6.45, 7) is 2.95. The average molecular weight is 379 g/mol. The third kappa shape index (κ3) is 3.20. The molecule has 0 spiro atoms. The zero-order chi connectivity index (χ0) is 18.1. The third-order valence-corrected chi connectivity index (χ3v) is 4.85. The number of carbonyl (C=O) groups excluding carboxylic acids is 2. The van der Waals surface area contributed by atoms with E-state index in [-0.39, 0.29) is 33.4 Å². The Kier molecular flexibility index (Phi) is 4.69. The van der Waals surface area contributed by atoms with E-state index in [1.165, 1.54) is 36.5 Å². The second-order valence-corrected chi connectivity index (χ2v) is 6.56. The van der Waals surface area contributed by atoms with E-state index in [9.17, 15) is 14.0 Å².